The molecule has 1 aliphatic heterocycles. The summed E-state index contributed by atoms with van der Waals surface area (Å²) in [6.07, 6.45) is 1.95. The first-order valence-electron chi connectivity index (χ1n) is 8.88. The van der Waals surface area contributed by atoms with Crippen molar-refractivity contribution >= 4 is 11.9 Å². The van der Waals surface area contributed by atoms with Crippen LogP contribution in [0.4, 0.5) is 0 Å². The van der Waals surface area contributed by atoms with E-state index in [-0.39, 0.29) is 18.6 Å². The van der Waals surface area contributed by atoms with E-state index in [1.165, 1.54) is 0 Å². The van der Waals surface area contributed by atoms with Crippen molar-refractivity contribution in [3.05, 3.63) is 11.7 Å². The molecule has 1 saturated heterocycles. The Hall–Kier alpha value is -2.16. The van der Waals surface area contributed by atoms with Crippen LogP contribution < -0.4 is 10.6 Å². The summed E-state index contributed by atoms with van der Waals surface area (Å²) in [5, 5.41) is 10.1. The number of nitrogens with one attached hydrogen (secondary N) is 2. The summed E-state index contributed by atoms with van der Waals surface area (Å²) in [5.41, 5.74) is 0. The second-order valence-electron chi connectivity index (χ2n) is 5.78. The Balaban J connectivity index is 1.86. The van der Waals surface area contributed by atoms with Gasteiger partial charge in [0, 0.05) is 26.2 Å². The standard InChI is InChI=1S/C16H28N6O3/c1-4-17-16(19-11-14(23)22-8-6-7-9-22)18-10-13-20-15(21-25-13)12(3)24-5-2/h12H,4-11H2,1-3H3,(H2,17,18,19). The summed E-state index contributed by atoms with van der Waals surface area (Å²) in [5.74, 6) is 1.57. The lowest BCUT2D eigenvalue weighted by Crippen LogP contribution is -2.38. The summed E-state index contributed by atoms with van der Waals surface area (Å²) >= 11 is 0. The Kier molecular flexibility index (Phi) is 7.65. The molecule has 1 aromatic heterocycles. The normalized spacial score (nSPS) is 16.1. The molecule has 9 nitrogen and oxygen atoms in total. The maximum absolute atomic E-state index is 12.1. The number of carbonyl (C=O) groups is 1. The zero-order valence-electron chi connectivity index (χ0n) is 15.2. The molecule has 1 unspecified atom stereocenters. The van der Waals surface area contributed by atoms with Gasteiger partial charge in [-0.3, -0.25) is 4.79 Å². The van der Waals surface area contributed by atoms with Crippen LogP contribution >= 0.6 is 0 Å². The van der Waals surface area contributed by atoms with Crippen molar-refractivity contribution in [3.8, 4) is 0 Å². The summed E-state index contributed by atoms with van der Waals surface area (Å²) in [7, 11) is 0. The van der Waals surface area contributed by atoms with Crippen molar-refractivity contribution in [1.82, 2.24) is 25.7 Å². The van der Waals surface area contributed by atoms with E-state index in [1.54, 1.807) is 0 Å². The monoisotopic (exact) mass is 352 g/mol. The van der Waals surface area contributed by atoms with Gasteiger partial charge < -0.3 is 24.8 Å². The first kappa shape index (κ1) is 19.2. The average Bonchev–Trinajstić information content (AvgIpc) is 3.29. The molecule has 0 aromatic carbocycles. The van der Waals surface area contributed by atoms with Crippen molar-refractivity contribution in [2.45, 2.75) is 46.3 Å². The Bertz CT molecular complexity index is 568. The van der Waals surface area contributed by atoms with Crippen LogP contribution in [0.3, 0.4) is 0 Å². The van der Waals surface area contributed by atoms with E-state index in [0.717, 1.165) is 25.9 Å². The molecule has 1 amide bonds. The predicted octanol–water partition coefficient (Wildman–Crippen LogP) is 0.845. The van der Waals surface area contributed by atoms with Crippen molar-refractivity contribution in [1.29, 1.82) is 0 Å². The number of guanidine groups is 1. The molecule has 2 rings (SSSR count). The maximum Gasteiger partial charge on any atom is 0.246 e. The van der Waals surface area contributed by atoms with Crippen LogP contribution in [-0.2, 0) is 16.1 Å². The molecule has 9 heteroatoms. The van der Waals surface area contributed by atoms with Gasteiger partial charge in [0.25, 0.3) is 0 Å². The van der Waals surface area contributed by atoms with E-state index in [9.17, 15) is 4.79 Å². The molecule has 0 spiro atoms. The molecular formula is C16H28N6O3. The molecule has 1 fully saturated rings. The summed E-state index contributed by atoms with van der Waals surface area (Å²) in [4.78, 5) is 22.6. The second kappa shape index (κ2) is 9.97. The number of rotatable bonds is 8. The maximum atomic E-state index is 12.1. The zero-order chi connectivity index (χ0) is 18.1. The third-order valence-corrected chi connectivity index (χ3v) is 3.85. The Labute approximate surface area is 148 Å². The molecule has 0 radical (unpaired) electrons. The quantitative estimate of drug-likeness (QED) is 0.528. The van der Waals surface area contributed by atoms with Crippen LogP contribution in [0.2, 0.25) is 0 Å². The minimum atomic E-state index is -0.206. The molecule has 1 atom stereocenters. The van der Waals surface area contributed by atoms with Gasteiger partial charge >= 0.3 is 0 Å². The largest absolute Gasteiger partial charge is 0.371 e. The second-order valence-corrected chi connectivity index (χ2v) is 5.78. The minimum absolute atomic E-state index is 0.0559. The first-order chi connectivity index (χ1) is 12.1. The lowest BCUT2D eigenvalue weighted by Gasteiger charge is -2.14. The number of aromatic nitrogens is 2. The van der Waals surface area contributed by atoms with Gasteiger partial charge in [-0.25, -0.2) is 4.99 Å². The van der Waals surface area contributed by atoms with Gasteiger partial charge in [0.15, 0.2) is 11.8 Å². The highest BCUT2D eigenvalue weighted by Gasteiger charge is 2.17. The van der Waals surface area contributed by atoms with Crippen LogP contribution in [0.25, 0.3) is 0 Å². The van der Waals surface area contributed by atoms with Gasteiger partial charge in [-0.2, -0.15) is 4.98 Å². The van der Waals surface area contributed by atoms with Gasteiger partial charge in [-0.15, -0.1) is 0 Å². The summed E-state index contributed by atoms with van der Waals surface area (Å²) in [6, 6.07) is 0. The molecule has 25 heavy (non-hydrogen) atoms. The number of nitrogens with zero attached hydrogens (tertiary/aromatic N) is 4. The fourth-order valence-electron chi connectivity index (χ4n) is 2.54. The van der Waals surface area contributed by atoms with E-state index in [2.05, 4.69) is 25.8 Å². The number of hydrogen-bond acceptors (Lipinski definition) is 6. The number of aliphatic imine (C=N–C) groups is 1. The zero-order valence-corrected chi connectivity index (χ0v) is 15.2. The van der Waals surface area contributed by atoms with Crippen LogP contribution in [-0.4, -0.2) is 59.7 Å². The smallest absolute Gasteiger partial charge is 0.246 e. The minimum Gasteiger partial charge on any atom is -0.371 e. The average molecular weight is 352 g/mol. The lowest BCUT2D eigenvalue weighted by molar-refractivity contribution is -0.128. The van der Waals surface area contributed by atoms with Crippen molar-refractivity contribution in [2.24, 2.45) is 4.99 Å². The molecule has 2 N–H and O–H groups in total. The Morgan fingerprint density at radius 3 is 2.80 bits per heavy atom. The highest BCUT2D eigenvalue weighted by atomic mass is 16.5. The van der Waals surface area contributed by atoms with Gasteiger partial charge in [0.2, 0.25) is 11.8 Å². The molecule has 0 aliphatic carbocycles. The van der Waals surface area contributed by atoms with E-state index in [4.69, 9.17) is 9.26 Å². The molecule has 140 valence electrons. The number of carbonyl (C=O) groups excluding carboxylic acids is 1. The van der Waals surface area contributed by atoms with E-state index in [0.29, 0.717) is 37.4 Å². The number of ether oxygens (including phenoxy) is 1. The molecule has 1 aromatic rings. The number of amides is 1. The fraction of sp³-hybridized carbons (Fsp3) is 0.750. The van der Waals surface area contributed by atoms with Crippen LogP contribution in [0.15, 0.2) is 9.52 Å². The predicted molar refractivity (Wildman–Crippen MR) is 93.0 cm³/mol. The SMILES string of the molecule is CCNC(=NCC(=O)N1CCCC1)NCc1nc(C(C)OCC)no1. The third-order valence-electron chi connectivity index (χ3n) is 3.85. The summed E-state index contributed by atoms with van der Waals surface area (Å²) < 4.78 is 10.6. The third kappa shape index (κ3) is 6.00. The van der Waals surface area contributed by atoms with Crippen molar-refractivity contribution < 1.29 is 14.1 Å². The van der Waals surface area contributed by atoms with Gasteiger partial charge in [0.05, 0.1) is 6.54 Å². The molecular weight excluding hydrogens is 324 g/mol. The van der Waals surface area contributed by atoms with Gasteiger partial charge in [-0.05, 0) is 33.6 Å². The fourth-order valence-corrected chi connectivity index (χ4v) is 2.54. The molecule has 0 saturated carbocycles. The number of likely N-dealkylation sites (tertiary alicyclic amines) is 1. The Morgan fingerprint density at radius 2 is 2.12 bits per heavy atom. The van der Waals surface area contributed by atoms with Gasteiger partial charge in [-0.1, -0.05) is 5.16 Å². The first-order valence-corrected chi connectivity index (χ1v) is 8.88. The molecule has 0 bridgehead atoms. The van der Waals surface area contributed by atoms with Gasteiger partial charge in [0.1, 0.15) is 12.6 Å². The van der Waals surface area contributed by atoms with Crippen molar-refractivity contribution in [3.63, 3.8) is 0 Å². The van der Waals surface area contributed by atoms with Crippen LogP contribution in [0, 0.1) is 0 Å². The van der Waals surface area contributed by atoms with Crippen molar-refractivity contribution in [2.75, 3.05) is 32.8 Å². The highest BCUT2D eigenvalue weighted by Crippen LogP contribution is 2.12. The highest BCUT2D eigenvalue weighted by molar-refractivity contribution is 5.85. The van der Waals surface area contributed by atoms with E-state index < -0.39 is 0 Å². The van der Waals surface area contributed by atoms with Crippen LogP contribution in [0.1, 0.15) is 51.4 Å². The van der Waals surface area contributed by atoms with E-state index >= 15 is 0 Å². The lowest BCUT2D eigenvalue weighted by atomic mass is 10.4. The van der Waals surface area contributed by atoms with Crippen LogP contribution in [0.5, 0.6) is 0 Å². The number of hydrogen-bond donors (Lipinski definition) is 2. The topological polar surface area (TPSA) is 105 Å². The summed E-state index contributed by atoms with van der Waals surface area (Å²) in [6.45, 7) is 9.17. The Morgan fingerprint density at radius 1 is 1.36 bits per heavy atom. The van der Waals surface area contributed by atoms with E-state index in [1.807, 2.05) is 25.7 Å². The molecule has 2 heterocycles. The molecule has 1 aliphatic rings.